The van der Waals surface area contributed by atoms with Crippen molar-refractivity contribution in [2.45, 2.75) is 13.8 Å². The Morgan fingerprint density at radius 3 is 2.54 bits per heavy atom. The van der Waals surface area contributed by atoms with Crippen molar-refractivity contribution in [2.24, 2.45) is 0 Å². The molecule has 3 rings (SSSR count). The summed E-state index contributed by atoms with van der Waals surface area (Å²) in [6.07, 6.45) is 3.17. The van der Waals surface area contributed by atoms with Crippen LogP contribution in [0.5, 0.6) is 0 Å². The number of anilines is 3. The van der Waals surface area contributed by atoms with E-state index in [0.29, 0.717) is 17.5 Å². The van der Waals surface area contributed by atoms with Gasteiger partial charge < -0.3 is 15.1 Å². The molecule has 1 N–H and O–H groups in total. The van der Waals surface area contributed by atoms with E-state index in [2.05, 4.69) is 41.1 Å². The Kier molecular flexibility index (Phi) is 4.70. The van der Waals surface area contributed by atoms with E-state index in [1.807, 2.05) is 19.9 Å². The minimum Gasteiger partial charge on any atom is -0.354 e. The minimum absolute atomic E-state index is 0.373. The van der Waals surface area contributed by atoms with Crippen LogP contribution in [0, 0.1) is 18.3 Å². The summed E-state index contributed by atoms with van der Waals surface area (Å²) in [7, 11) is 0. The number of nitriles is 1. The number of hydrogen-bond donors (Lipinski definition) is 1. The van der Waals surface area contributed by atoms with Crippen molar-refractivity contribution in [1.82, 2.24) is 19.9 Å². The Hall–Kier alpha value is -2.95. The van der Waals surface area contributed by atoms with Gasteiger partial charge in [-0.05, 0) is 13.8 Å². The number of hydrogen-bond acceptors (Lipinski definition) is 8. The molecule has 8 heteroatoms. The molecule has 0 aliphatic carbocycles. The zero-order valence-corrected chi connectivity index (χ0v) is 13.9. The highest BCUT2D eigenvalue weighted by atomic mass is 15.3. The van der Waals surface area contributed by atoms with Crippen LogP contribution in [0.4, 0.5) is 17.6 Å². The highest BCUT2D eigenvalue weighted by Crippen LogP contribution is 2.20. The van der Waals surface area contributed by atoms with Crippen molar-refractivity contribution in [1.29, 1.82) is 5.26 Å². The predicted octanol–water partition coefficient (Wildman–Crippen LogP) is 1.21. The van der Waals surface area contributed by atoms with Gasteiger partial charge in [0, 0.05) is 56.9 Å². The molecule has 8 nitrogen and oxygen atoms in total. The molecule has 0 saturated carbocycles. The average molecular weight is 324 g/mol. The second kappa shape index (κ2) is 7.08. The molecule has 0 atom stereocenters. The van der Waals surface area contributed by atoms with Gasteiger partial charge in [-0.3, -0.25) is 0 Å². The first kappa shape index (κ1) is 15.9. The third-order valence-electron chi connectivity index (χ3n) is 3.86. The van der Waals surface area contributed by atoms with E-state index in [0.717, 1.165) is 44.2 Å². The zero-order valence-electron chi connectivity index (χ0n) is 13.9. The molecule has 0 unspecified atom stereocenters. The normalized spacial score (nSPS) is 14.4. The van der Waals surface area contributed by atoms with Gasteiger partial charge in [0.15, 0.2) is 11.5 Å². The molecule has 1 fully saturated rings. The standard InChI is InChI=1S/C16H20N8/c1-3-18-16-21-12(2)10-14(22-16)23-6-8-24(9-7-23)15-13(11-17)19-4-5-20-15/h4-5,10H,3,6-9H2,1-2H3,(H,18,21,22). The Balaban J connectivity index is 1.72. The number of nitrogens with zero attached hydrogens (tertiary/aromatic N) is 7. The summed E-state index contributed by atoms with van der Waals surface area (Å²) >= 11 is 0. The van der Waals surface area contributed by atoms with Crippen LogP contribution in [-0.2, 0) is 0 Å². The Bertz CT molecular complexity index is 746. The fourth-order valence-electron chi connectivity index (χ4n) is 2.74. The number of aryl methyl sites for hydroxylation is 1. The van der Waals surface area contributed by atoms with Crippen LogP contribution in [0.1, 0.15) is 18.3 Å². The van der Waals surface area contributed by atoms with E-state index < -0.39 is 0 Å². The molecule has 24 heavy (non-hydrogen) atoms. The first-order chi connectivity index (χ1) is 11.7. The third-order valence-corrected chi connectivity index (χ3v) is 3.86. The smallest absolute Gasteiger partial charge is 0.224 e. The molecule has 0 aromatic carbocycles. The van der Waals surface area contributed by atoms with Gasteiger partial charge in [0.1, 0.15) is 11.9 Å². The lowest BCUT2D eigenvalue weighted by atomic mass is 10.2. The third kappa shape index (κ3) is 3.35. The first-order valence-electron chi connectivity index (χ1n) is 8.02. The van der Waals surface area contributed by atoms with Crippen molar-refractivity contribution in [3.63, 3.8) is 0 Å². The quantitative estimate of drug-likeness (QED) is 0.897. The number of rotatable bonds is 4. The summed E-state index contributed by atoms with van der Waals surface area (Å²) in [5.74, 6) is 2.25. The zero-order chi connectivity index (χ0) is 16.9. The maximum atomic E-state index is 9.18. The van der Waals surface area contributed by atoms with Gasteiger partial charge in [0.05, 0.1) is 0 Å². The molecule has 0 amide bonds. The van der Waals surface area contributed by atoms with Crippen LogP contribution in [0.2, 0.25) is 0 Å². The molecule has 2 aromatic rings. The number of aromatic nitrogens is 4. The number of piperazine rings is 1. The lowest BCUT2D eigenvalue weighted by Gasteiger charge is -2.36. The maximum Gasteiger partial charge on any atom is 0.224 e. The van der Waals surface area contributed by atoms with Gasteiger partial charge in [-0.15, -0.1) is 0 Å². The Morgan fingerprint density at radius 2 is 1.83 bits per heavy atom. The monoisotopic (exact) mass is 324 g/mol. The first-order valence-corrected chi connectivity index (χ1v) is 8.02. The van der Waals surface area contributed by atoms with E-state index in [1.165, 1.54) is 0 Å². The topological polar surface area (TPSA) is 93.9 Å². The molecule has 1 aliphatic heterocycles. The molecule has 0 radical (unpaired) electrons. The average Bonchev–Trinajstić information content (AvgIpc) is 2.61. The molecule has 2 aromatic heterocycles. The van der Waals surface area contributed by atoms with Gasteiger partial charge in [-0.2, -0.15) is 10.2 Å². The highest BCUT2D eigenvalue weighted by molar-refractivity contribution is 5.52. The summed E-state index contributed by atoms with van der Waals surface area (Å²) in [4.78, 5) is 21.7. The molecule has 124 valence electrons. The van der Waals surface area contributed by atoms with Crippen molar-refractivity contribution in [3.05, 3.63) is 29.8 Å². The van der Waals surface area contributed by atoms with E-state index in [9.17, 15) is 5.26 Å². The molecular formula is C16H20N8. The summed E-state index contributed by atoms with van der Waals surface area (Å²) < 4.78 is 0. The molecule has 1 saturated heterocycles. The van der Waals surface area contributed by atoms with Crippen molar-refractivity contribution >= 4 is 17.6 Å². The predicted molar refractivity (Wildman–Crippen MR) is 92.1 cm³/mol. The molecule has 1 aliphatic rings. The van der Waals surface area contributed by atoms with Crippen molar-refractivity contribution in [2.75, 3.05) is 47.8 Å². The van der Waals surface area contributed by atoms with Crippen LogP contribution >= 0.6 is 0 Å². The van der Waals surface area contributed by atoms with Gasteiger partial charge in [-0.1, -0.05) is 0 Å². The van der Waals surface area contributed by atoms with Crippen molar-refractivity contribution in [3.8, 4) is 6.07 Å². The second-order valence-corrected chi connectivity index (χ2v) is 5.54. The fraction of sp³-hybridized carbons (Fsp3) is 0.438. The molecule has 3 heterocycles. The summed E-state index contributed by atoms with van der Waals surface area (Å²) in [6, 6.07) is 4.11. The second-order valence-electron chi connectivity index (χ2n) is 5.54. The van der Waals surface area contributed by atoms with Gasteiger partial charge >= 0.3 is 0 Å². The van der Waals surface area contributed by atoms with Gasteiger partial charge in [0.2, 0.25) is 5.95 Å². The van der Waals surface area contributed by atoms with E-state index in [1.54, 1.807) is 12.4 Å². The van der Waals surface area contributed by atoms with Crippen molar-refractivity contribution < 1.29 is 0 Å². The summed E-state index contributed by atoms with van der Waals surface area (Å²) in [5.41, 5.74) is 1.32. The van der Waals surface area contributed by atoms with Crippen LogP contribution < -0.4 is 15.1 Å². The minimum atomic E-state index is 0.373. The van der Waals surface area contributed by atoms with Crippen LogP contribution in [0.25, 0.3) is 0 Å². The van der Waals surface area contributed by atoms with Gasteiger partial charge in [-0.25, -0.2) is 15.0 Å². The van der Waals surface area contributed by atoms with Crippen LogP contribution in [-0.4, -0.2) is 52.7 Å². The Labute approximate surface area is 141 Å². The fourth-order valence-corrected chi connectivity index (χ4v) is 2.74. The molecule has 0 spiro atoms. The maximum absolute atomic E-state index is 9.18. The van der Waals surface area contributed by atoms with E-state index in [-0.39, 0.29) is 0 Å². The molecule has 0 bridgehead atoms. The van der Waals surface area contributed by atoms with Crippen LogP contribution in [0.15, 0.2) is 18.5 Å². The summed E-state index contributed by atoms with van der Waals surface area (Å²) in [5, 5.41) is 12.3. The lowest BCUT2D eigenvalue weighted by Crippen LogP contribution is -2.47. The number of nitrogens with one attached hydrogen (secondary N) is 1. The molecular weight excluding hydrogens is 304 g/mol. The summed E-state index contributed by atoms with van der Waals surface area (Å²) in [6.45, 7) is 7.95. The van der Waals surface area contributed by atoms with Gasteiger partial charge in [0.25, 0.3) is 0 Å². The Morgan fingerprint density at radius 1 is 1.12 bits per heavy atom. The largest absolute Gasteiger partial charge is 0.354 e. The van der Waals surface area contributed by atoms with E-state index in [4.69, 9.17) is 0 Å². The highest BCUT2D eigenvalue weighted by Gasteiger charge is 2.22. The van der Waals surface area contributed by atoms with E-state index >= 15 is 0 Å². The SMILES string of the molecule is CCNc1nc(C)cc(N2CCN(c3nccnc3C#N)CC2)n1. The lowest BCUT2D eigenvalue weighted by molar-refractivity contribution is 0.639. The van der Waals surface area contributed by atoms with Crippen LogP contribution in [0.3, 0.4) is 0 Å².